The van der Waals surface area contributed by atoms with E-state index in [-0.39, 0.29) is 11.8 Å². The summed E-state index contributed by atoms with van der Waals surface area (Å²) in [5.74, 6) is -0.0557. The van der Waals surface area contributed by atoms with E-state index in [1.807, 2.05) is 26.0 Å². The molecule has 0 amide bonds. The molecule has 1 fully saturated rings. The number of aliphatic carboxylic acids is 1. The van der Waals surface area contributed by atoms with Gasteiger partial charge in [-0.15, -0.1) is 0 Å². The second-order valence-electron chi connectivity index (χ2n) is 5.32. The average molecular weight is 218 g/mol. The first-order chi connectivity index (χ1) is 7.50. The minimum absolute atomic E-state index is 0.191. The van der Waals surface area contributed by atoms with E-state index >= 15 is 0 Å². The highest BCUT2D eigenvalue weighted by atomic mass is 16.4. The zero-order valence-corrected chi connectivity index (χ0v) is 9.86. The zero-order chi connectivity index (χ0) is 11.8. The molecule has 1 aromatic rings. The monoisotopic (exact) mass is 218 g/mol. The number of hydrogen-bond donors (Lipinski definition) is 1. The van der Waals surface area contributed by atoms with Crippen LogP contribution < -0.4 is 0 Å². The summed E-state index contributed by atoms with van der Waals surface area (Å²) in [6.07, 6.45) is 2.69. The molecular formula is C14H18O2. The summed E-state index contributed by atoms with van der Waals surface area (Å²) in [6, 6.07) is 8.28. The van der Waals surface area contributed by atoms with Crippen molar-refractivity contribution in [3.63, 3.8) is 0 Å². The fourth-order valence-electron chi connectivity index (χ4n) is 2.34. The van der Waals surface area contributed by atoms with Crippen LogP contribution in [0, 0.1) is 0 Å². The van der Waals surface area contributed by atoms with Crippen molar-refractivity contribution in [1.29, 1.82) is 0 Å². The predicted molar refractivity (Wildman–Crippen MR) is 63.7 cm³/mol. The van der Waals surface area contributed by atoms with Crippen molar-refractivity contribution in [1.82, 2.24) is 0 Å². The van der Waals surface area contributed by atoms with Gasteiger partial charge >= 0.3 is 5.97 Å². The van der Waals surface area contributed by atoms with E-state index in [0.29, 0.717) is 5.92 Å². The van der Waals surface area contributed by atoms with Crippen molar-refractivity contribution in [2.24, 2.45) is 0 Å². The summed E-state index contributed by atoms with van der Waals surface area (Å²) >= 11 is 0. The van der Waals surface area contributed by atoms with Gasteiger partial charge in [-0.05, 0) is 29.9 Å². The SMILES string of the molecule is CC(C)(CC(=O)O)c1ccccc1C1CC1. The van der Waals surface area contributed by atoms with Gasteiger partial charge < -0.3 is 5.11 Å². The van der Waals surface area contributed by atoms with Crippen LogP contribution in [0.25, 0.3) is 0 Å². The molecule has 0 spiro atoms. The number of carbonyl (C=O) groups is 1. The number of carboxylic acids is 1. The van der Waals surface area contributed by atoms with Crippen molar-refractivity contribution in [2.45, 2.75) is 44.4 Å². The van der Waals surface area contributed by atoms with Crippen LogP contribution in [0.5, 0.6) is 0 Å². The molecule has 2 nitrogen and oxygen atoms in total. The Morgan fingerprint density at radius 1 is 1.38 bits per heavy atom. The van der Waals surface area contributed by atoms with Crippen LogP contribution >= 0.6 is 0 Å². The summed E-state index contributed by atoms with van der Waals surface area (Å²) in [7, 11) is 0. The van der Waals surface area contributed by atoms with Crippen molar-refractivity contribution >= 4 is 5.97 Å². The minimum atomic E-state index is -0.726. The predicted octanol–water partition coefficient (Wildman–Crippen LogP) is 3.32. The van der Waals surface area contributed by atoms with E-state index in [1.54, 1.807) is 0 Å². The van der Waals surface area contributed by atoms with Crippen LogP contribution in [0.1, 0.15) is 50.2 Å². The highest BCUT2D eigenvalue weighted by Crippen LogP contribution is 2.44. The molecule has 16 heavy (non-hydrogen) atoms. The van der Waals surface area contributed by atoms with Crippen LogP contribution in [-0.2, 0) is 10.2 Å². The molecule has 1 aromatic carbocycles. The van der Waals surface area contributed by atoms with E-state index in [0.717, 1.165) is 0 Å². The fourth-order valence-corrected chi connectivity index (χ4v) is 2.34. The van der Waals surface area contributed by atoms with Crippen LogP contribution in [-0.4, -0.2) is 11.1 Å². The quantitative estimate of drug-likeness (QED) is 0.841. The Hall–Kier alpha value is -1.31. The molecule has 2 heteroatoms. The molecule has 1 N–H and O–H groups in total. The molecule has 0 unspecified atom stereocenters. The third-order valence-corrected chi connectivity index (χ3v) is 3.30. The highest BCUT2D eigenvalue weighted by molar-refractivity contribution is 5.69. The van der Waals surface area contributed by atoms with E-state index in [1.165, 1.54) is 24.0 Å². The Balaban J connectivity index is 2.34. The molecule has 1 saturated carbocycles. The number of rotatable bonds is 4. The van der Waals surface area contributed by atoms with Crippen LogP contribution in [0.15, 0.2) is 24.3 Å². The molecule has 0 saturated heterocycles. The molecule has 2 rings (SSSR count). The molecule has 0 aromatic heterocycles. The first kappa shape index (κ1) is 11.2. The van der Waals surface area contributed by atoms with Gasteiger partial charge in [0.25, 0.3) is 0 Å². The van der Waals surface area contributed by atoms with Gasteiger partial charge in [-0.25, -0.2) is 0 Å². The molecule has 1 aliphatic rings. The van der Waals surface area contributed by atoms with Crippen molar-refractivity contribution in [3.05, 3.63) is 35.4 Å². The van der Waals surface area contributed by atoms with Gasteiger partial charge in [0, 0.05) is 5.41 Å². The maximum atomic E-state index is 10.9. The summed E-state index contributed by atoms with van der Waals surface area (Å²) in [4.78, 5) is 10.9. The second-order valence-corrected chi connectivity index (χ2v) is 5.32. The molecular weight excluding hydrogens is 200 g/mol. The molecule has 1 aliphatic carbocycles. The van der Waals surface area contributed by atoms with E-state index in [4.69, 9.17) is 5.11 Å². The molecule has 0 atom stereocenters. The lowest BCUT2D eigenvalue weighted by Gasteiger charge is -2.26. The standard InChI is InChI=1S/C14H18O2/c1-14(2,9-13(15)16)12-6-4-3-5-11(12)10-7-8-10/h3-6,10H,7-9H2,1-2H3,(H,15,16). The Kier molecular flexibility index (Phi) is 2.75. The van der Waals surface area contributed by atoms with Crippen LogP contribution in [0.3, 0.4) is 0 Å². The average Bonchev–Trinajstić information content (AvgIpc) is 2.99. The number of benzene rings is 1. The van der Waals surface area contributed by atoms with Gasteiger partial charge in [0.05, 0.1) is 6.42 Å². The maximum absolute atomic E-state index is 10.9. The lowest BCUT2D eigenvalue weighted by molar-refractivity contribution is -0.138. The van der Waals surface area contributed by atoms with E-state index in [2.05, 4.69) is 12.1 Å². The van der Waals surface area contributed by atoms with Gasteiger partial charge in [0.2, 0.25) is 0 Å². The third kappa shape index (κ3) is 2.26. The van der Waals surface area contributed by atoms with Gasteiger partial charge in [-0.3, -0.25) is 4.79 Å². The van der Waals surface area contributed by atoms with Gasteiger partial charge in [-0.1, -0.05) is 38.1 Å². The third-order valence-electron chi connectivity index (χ3n) is 3.30. The Morgan fingerprint density at radius 3 is 2.56 bits per heavy atom. The van der Waals surface area contributed by atoms with E-state index in [9.17, 15) is 4.79 Å². The summed E-state index contributed by atoms with van der Waals surface area (Å²) in [5, 5.41) is 8.96. The zero-order valence-electron chi connectivity index (χ0n) is 9.86. The van der Waals surface area contributed by atoms with Crippen molar-refractivity contribution in [3.8, 4) is 0 Å². The molecule has 86 valence electrons. The summed E-state index contributed by atoms with van der Waals surface area (Å²) < 4.78 is 0. The van der Waals surface area contributed by atoms with Crippen LogP contribution in [0.4, 0.5) is 0 Å². The Labute approximate surface area is 96.3 Å². The van der Waals surface area contributed by atoms with Crippen molar-refractivity contribution < 1.29 is 9.90 Å². The Morgan fingerprint density at radius 2 is 2.00 bits per heavy atom. The highest BCUT2D eigenvalue weighted by Gasteiger charge is 2.32. The first-order valence-corrected chi connectivity index (χ1v) is 5.82. The molecule has 0 aliphatic heterocycles. The number of carboxylic acid groups (broad SMARTS) is 1. The molecule has 0 radical (unpaired) electrons. The normalized spacial score (nSPS) is 16.1. The number of hydrogen-bond acceptors (Lipinski definition) is 1. The lowest BCUT2D eigenvalue weighted by atomic mass is 9.78. The van der Waals surface area contributed by atoms with Gasteiger partial charge in [-0.2, -0.15) is 0 Å². The molecule has 0 bridgehead atoms. The smallest absolute Gasteiger partial charge is 0.304 e. The topological polar surface area (TPSA) is 37.3 Å². The fraction of sp³-hybridized carbons (Fsp3) is 0.500. The maximum Gasteiger partial charge on any atom is 0.304 e. The Bertz CT molecular complexity index is 403. The van der Waals surface area contributed by atoms with E-state index < -0.39 is 5.97 Å². The lowest BCUT2D eigenvalue weighted by Crippen LogP contribution is -2.23. The molecule has 0 heterocycles. The summed E-state index contributed by atoms with van der Waals surface area (Å²) in [5.41, 5.74) is 2.29. The van der Waals surface area contributed by atoms with Gasteiger partial charge in [0.15, 0.2) is 0 Å². The summed E-state index contributed by atoms with van der Waals surface area (Å²) in [6.45, 7) is 4.03. The second kappa shape index (κ2) is 3.93. The minimum Gasteiger partial charge on any atom is -0.481 e. The van der Waals surface area contributed by atoms with Crippen LogP contribution in [0.2, 0.25) is 0 Å². The largest absolute Gasteiger partial charge is 0.481 e. The van der Waals surface area contributed by atoms with Gasteiger partial charge in [0.1, 0.15) is 0 Å². The van der Waals surface area contributed by atoms with Crippen molar-refractivity contribution in [2.75, 3.05) is 0 Å². The first-order valence-electron chi connectivity index (χ1n) is 5.82.